The molecule has 2 saturated heterocycles. The predicted octanol–water partition coefficient (Wildman–Crippen LogP) is 14.0. The first kappa shape index (κ1) is 49.2. The van der Waals surface area contributed by atoms with E-state index in [1.54, 1.807) is 6.42 Å². The summed E-state index contributed by atoms with van der Waals surface area (Å²) >= 11 is 0. The summed E-state index contributed by atoms with van der Waals surface area (Å²) in [6.07, 6.45) is 14.5. The zero-order valence-corrected chi connectivity index (χ0v) is 34.4. The Morgan fingerprint density at radius 2 is 0.761 bits per heavy atom. The van der Waals surface area contributed by atoms with Crippen molar-refractivity contribution in [3.8, 4) is 0 Å². The molecular formula is C44H88OY-2. The minimum absolute atomic E-state index is 0. The van der Waals surface area contributed by atoms with Crippen molar-refractivity contribution in [2.75, 3.05) is 0 Å². The van der Waals surface area contributed by atoms with Crippen LogP contribution in [0.25, 0.3) is 0 Å². The van der Waals surface area contributed by atoms with Gasteiger partial charge in [0.05, 0.1) is 12.2 Å². The van der Waals surface area contributed by atoms with Gasteiger partial charge >= 0.3 is 0 Å². The third-order valence-electron chi connectivity index (χ3n) is 16.4. The Balaban J connectivity index is 0. The van der Waals surface area contributed by atoms with Crippen molar-refractivity contribution in [1.82, 2.24) is 0 Å². The van der Waals surface area contributed by atoms with Crippen LogP contribution in [0.3, 0.4) is 0 Å². The molecule has 0 spiro atoms. The Bertz CT molecular complexity index is 758. The fourth-order valence-electron chi connectivity index (χ4n) is 11.8. The Labute approximate surface area is 319 Å². The molecule has 0 aromatic rings. The van der Waals surface area contributed by atoms with Crippen molar-refractivity contribution in [2.24, 2.45) is 93.7 Å². The molecule has 46 heavy (non-hydrogen) atoms. The molecule has 275 valence electrons. The van der Waals surface area contributed by atoms with Gasteiger partial charge < -0.3 is 19.6 Å². The molecule has 10 aliphatic rings. The van der Waals surface area contributed by atoms with Gasteiger partial charge in [0.2, 0.25) is 0 Å². The van der Waals surface area contributed by atoms with Gasteiger partial charge in [-0.05, 0) is 151 Å². The van der Waals surface area contributed by atoms with Crippen molar-refractivity contribution in [3.05, 3.63) is 14.9 Å². The van der Waals surface area contributed by atoms with Crippen LogP contribution in [0.4, 0.5) is 0 Å². The van der Waals surface area contributed by atoms with Crippen LogP contribution in [0, 0.1) is 109 Å². The van der Waals surface area contributed by atoms with Gasteiger partial charge in [0, 0.05) is 32.7 Å². The van der Waals surface area contributed by atoms with Crippen LogP contribution in [0.15, 0.2) is 0 Å². The van der Waals surface area contributed by atoms with Gasteiger partial charge in [-0.3, -0.25) is 0 Å². The van der Waals surface area contributed by atoms with Gasteiger partial charge in [0.25, 0.3) is 0 Å². The van der Waals surface area contributed by atoms with Gasteiger partial charge in [0.1, 0.15) is 0 Å². The summed E-state index contributed by atoms with van der Waals surface area (Å²) in [5.41, 5.74) is 1.37. The first-order chi connectivity index (χ1) is 18.6. The zero-order valence-electron chi connectivity index (χ0n) is 31.6. The molecule has 1 nitrogen and oxygen atoms in total. The molecule has 8 saturated carbocycles. The van der Waals surface area contributed by atoms with Crippen molar-refractivity contribution < 1.29 is 37.4 Å². The molecule has 10 rings (SSSR count). The number of fused-ring (bicyclic) bond motifs is 8. The summed E-state index contributed by atoms with van der Waals surface area (Å²) in [6, 6.07) is 0. The largest absolute Gasteiger partial charge is 0.374 e. The second-order valence-electron chi connectivity index (χ2n) is 18.4. The Hall–Kier alpha value is 1.06. The third-order valence-corrected chi connectivity index (χ3v) is 16.4. The minimum atomic E-state index is 0. The third kappa shape index (κ3) is 8.92. The molecule has 2 heteroatoms. The zero-order chi connectivity index (χ0) is 29.3. The van der Waals surface area contributed by atoms with E-state index in [-0.39, 0.29) is 69.8 Å². The van der Waals surface area contributed by atoms with Crippen LogP contribution in [0.2, 0.25) is 0 Å². The van der Waals surface area contributed by atoms with E-state index in [9.17, 15) is 0 Å². The summed E-state index contributed by atoms with van der Waals surface area (Å²) in [5.74, 6) is 14.1. The summed E-state index contributed by atoms with van der Waals surface area (Å²) in [4.78, 5) is 0. The van der Waals surface area contributed by atoms with E-state index in [1.165, 1.54) is 51.4 Å². The summed E-state index contributed by atoms with van der Waals surface area (Å²) < 4.78 is 5.70. The molecule has 8 aliphatic carbocycles. The fourth-order valence-corrected chi connectivity index (χ4v) is 11.8. The normalized spacial score (nSPS) is 47.7. The van der Waals surface area contributed by atoms with Crippen molar-refractivity contribution in [1.29, 1.82) is 0 Å². The Kier molecular flexibility index (Phi) is 19.8. The smallest absolute Gasteiger partial charge is 0.0609 e. The molecule has 1 radical (unpaired) electrons. The van der Waals surface area contributed by atoms with Crippen LogP contribution in [0.5, 0.6) is 0 Å². The topological polar surface area (TPSA) is 9.23 Å². The summed E-state index contributed by atoms with van der Waals surface area (Å²) in [7, 11) is 0. The molecule has 0 amide bonds. The van der Waals surface area contributed by atoms with Crippen LogP contribution >= 0.6 is 0 Å². The second kappa shape index (κ2) is 18.5. The van der Waals surface area contributed by atoms with E-state index in [0.717, 1.165) is 82.9 Å². The predicted molar refractivity (Wildman–Crippen MR) is 205 cm³/mol. The number of ether oxygens (including phenoxy) is 1. The molecule has 16 atom stereocenters. The van der Waals surface area contributed by atoms with E-state index in [4.69, 9.17) is 4.74 Å². The number of hydrogen-bond acceptors (Lipinski definition) is 1. The molecule has 2 heterocycles. The summed E-state index contributed by atoms with van der Waals surface area (Å²) in [6.45, 7) is 29.1. The standard InChI is InChI=1S/2C11H20.C9H16.C8H14O.3CH4.2CH3.Y/c2*1-7-5-9-6-10(8(7)2)11(9,3)4;1-6-7(2)9-4-3-8(6)5-9;1-5-6(2)8-4-3-7(5)9-8;;;;;;/h2*7-10H,5-6H2,1-4H3;6-9H,3-5H2,1-2H3;5-8H,3-4H2,1-2H3;3*1H4;2*1H3;/q;;;;;;;2*-1;. The van der Waals surface area contributed by atoms with Crippen molar-refractivity contribution >= 4 is 0 Å². The van der Waals surface area contributed by atoms with Gasteiger partial charge in [-0.25, -0.2) is 0 Å². The molecule has 10 fully saturated rings. The Morgan fingerprint density at radius 1 is 0.435 bits per heavy atom. The summed E-state index contributed by atoms with van der Waals surface area (Å²) in [5, 5.41) is 0. The first-order valence-corrected chi connectivity index (χ1v) is 18.3. The van der Waals surface area contributed by atoms with Gasteiger partial charge in [0.15, 0.2) is 0 Å². The first-order valence-electron chi connectivity index (χ1n) is 18.3. The van der Waals surface area contributed by atoms with E-state index in [1.807, 2.05) is 0 Å². The molecule has 8 bridgehead atoms. The fraction of sp³-hybridized carbons (Fsp3) is 0.955. The molecule has 2 aliphatic heterocycles. The Morgan fingerprint density at radius 3 is 0.935 bits per heavy atom. The average Bonchev–Trinajstić information content (AvgIpc) is 3.69. The number of hydrogen-bond donors (Lipinski definition) is 0. The molecule has 16 unspecified atom stereocenters. The maximum absolute atomic E-state index is 5.70. The molecule has 0 N–H and O–H groups in total. The van der Waals surface area contributed by atoms with Crippen LogP contribution in [0.1, 0.15) is 163 Å². The van der Waals surface area contributed by atoms with Gasteiger partial charge in [-0.1, -0.05) is 105 Å². The van der Waals surface area contributed by atoms with E-state index in [0.29, 0.717) is 23.0 Å². The van der Waals surface area contributed by atoms with Gasteiger partial charge in [-0.2, -0.15) is 0 Å². The average molecular weight is 722 g/mol. The second-order valence-corrected chi connectivity index (χ2v) is 18.4. The SMILES string of the molecule is C.C.C.CC1C2CCC(C2)C1C.CC1C2CCC(O2)C1C.CC1CC2CC(C1C)C2(C)C.CC1CC2CC(C1C)C2(C)C.[CH3-].[CH3-].[Y]. The van der Waals surface area contributed by atoms with E-state index < -0.39 is 0 Å². The van der Waals surface area contributed by atoms with Crippen molar-refractivity contribution in [2.45, 2.75) is 175 Å². The minimum Gasteiger partial charge on any atom is -0.374 e. The van der Waals surface area contributed by atoms with Crippen LogP contribution < -0.4 is 0 Å². The molecular weight excluding hydrogens is 633 g/mol. The molecule has 0 aromatic carbocycles. The quantitative estimate of drug-likeness (QED) is 0.226. The van der Waals surface area contributed by atoms with Crippen LogP contribution in [-0.2, 0) is 37.4 Å². The van der Waals surface area contributed by atoms with Crippen molar-refractivity contribution in [3.63, 3.8) is 0 Å². The van der Waals surface area contributed by atoms with E-state index in [2.05, 4.69) is 83.1 Å². The van der Waals surface area contributed by atoms with E-state index >= 15 is 0 Å². The maximum Gasteiger partial charge on any atom is 0.0609 e. The molecule has 0 aromatic heterocycles. The van der Waals surface area contributed by atoms with Crippen LogP contribution in [-0.4, -0.2) is 12.2 Å². The maximum atomic E-state index is 5.70. The number of rotatable bonds is 0. The monoisotopic (exact) mass is 722 g/mol. The van der Waals surface area contributed by atoms with Gasteiger partial charge in [-0.15, -0.1) is 0 Å².